The first-order chi connectivity index (χ1) is 19.9. The molecule has 11 heteroatoms. The number of alkyl halides is 3. The van der Waals surface area contributed by atoms with Crippen LogP contribution in [0.25, 0.3) is 0 Å². The summed E-state index contributed by atoms with van der Waals surface area (Å²) in [5, 5.41) is 4.69. The number of carbonyl (C=O) groups is 1. The molecule has 5 rings (SSSR count). The van der Waals surface area contributed by atoms with Crippen LogP contribution in [0.3, 0.4) is 0 Å². The number of likely N-dealkylation sites (N-methyl/N-ethyl adjacent to an activating group) is 1. The molecule has 0 N–H and O–H groups in total. The van der Waals surface area contributed by atoms with Crippen molar-refractivity contribution in [1.82, 2.24) is 19.6 Å². The standard InChI is InChI=1S/C31H38F4N6O/c1-21(2)37(4)16-17-39-18-24-20-40(25-12-14-38(15-13-25)28-22(3)8-7-11-27(28)32)30(42)41(29(24)36-39)19-23-9-5-6-10-26(23)31(33,34)35/h5-11,18,21,25H,12-17,19-20H2,1-4H3. The number of carbonyl (C=O) groups excluding carboxylic acids is 1. The van der Waals surface area contributed by atoms with Crippen molar-refractivity contribution in [3.8, 4) is 0 Å². The van der Waals surface area contributed by atoms with E-state index in [1.165, 1.54) is 23.1 Å². The topological polar surface area (TPSA) is 47.9 Å². The van der Waals surface area contributed by atoms with Crippen molar-refractivity contribution < 1.29 is 22.4 Å². The van der Waals surface area contributed by atoms with Gasteiger partial charge in [-0.1, -0.05) is 30.3 Å². The number of anilines is 2. The van der Waals surface area contributed by atoms with E-state index in [2.05, 4.69) is 23.8 Å². The normalized spacial score (nSPS) is 16.6. The summed E-state index contributed by atoms with van der Waals surface area (Å²) < 4.78 is 58.0. The van der Waals surface area contributed by atoms with E-state index in [-0.39, 0.29) is 30.0 Å². The van der Waals surface area contributed by atoms with Gasteiger partial charge in [0.2, 0.25) is 0 Å². The largest absolute Gasteiger partial charge is 0.416 e. The second-order valence-electron chi connectivity index (χ2n) is 11.6. The second-order valence-corrected chi connectivity index (χ2v) is 11.6. The van der Waals surface area contributed by atoms with Crippen molar-refractivity contribution in [3.05, 3.63) is 76.7 Å². The number of aromatic nitrogens is 2. The zero-order valence-electron chi connectivity index (χ0n) is 24.5. The summed E-state index contributed by atoms with van der Waals surface area (Å²) in [4.78, 5) is 21.4. The number of halogens is 4. The van der Waals surface area contributed by atoms with E-state index in [0.717, 1.165) is 23.7 Å². The van der Waals surface area contributed by atoms with Crippen LogP contribution in [0.2, 0.25) is 0 Å². The summed E-state index contributed by atoms with van der Waals surface area (Å²) in [7, 11) is 2.02. The maximum atomic E-state index is 14.6. The second kappa shape index (κ2) is 11.9. The van der Waals surface area contributed by atoms with Crippen molar-refractivity contribution in [2.24, 2.45) is 0 Å². The van der Waals surface area contributed by atoms with Gasteiger partial charge in [0.25, 0.3) is 0 Å². The summed E-state index contributed by atoms with van der Waals surface area (Å²) >= 11 is 0. The van der Waals surface area contributed by atoms with Crippen molar-refractivity contribution >= 4 is 17.5 Å². The Labute approximate surface area is 244 Å². The minimum atomic E-state index is -4.55. The van der Waals surface area contributed by atoms with Crippen LogP contribution in [0, 0.1) is 12.7 Å². The summed E-state index contributed by atoms with van der Waals surface area (Å²) in [5.41, 5.74) is 1.50. The number of nitrogens with zero attached hydrogens (tertiary/aromatic N) is 6. The maximum absolute atomic E-state index is 14.6. The van der Waals surface area contributed by atoms with E-state index in [1.54, 1.807) is 21.7 Å². The Morgan fingerprint density at radius 1 is 1.07 bits per heavy atom. The van der Waals surface area contributed by atoms with Gasteiger partial charge in [0.05, 0.1) is 30.9 Å². The summed E-state index contributed by atoms with van der Waals surface area (Å²) in [6.07, 6.45) is -1.40. The molecule has 0 atom stereocenters. The molecule has 2 amide bonds. The SMILES string of the molecule is Cc1cccc(F)c1N1CCC(N2Cc3cn(CCN(C)C(C)C)nc3N(Cc3ccccc3C(F)(F)F)C2=O)CC1. The quantitative estimate of drug-likeness (QED) is 0.291. The molecule has 0 unspecified atom stereocenters. The third-order valence-corrected chi connectivity index (χ3v) is 8.51. The lowest BCUT2D eigenvalue weighted by atomic mass is 10.00. The number of benzene rings is 2. The van der Waals surface area contributed by atoms with Gasteiger partial charge in [0.1, 0.15) is 5.82 Å². The third-order valence-electron chi connectivity index (χ3n) is 8.51. The van der Waals surface area contributed by atoms with E-state index >= 15 is 0 Å². The van der Waals surface area contributed by atoms with Crippen LogP contribution in [-0.2, 0) is 25.8 Å². The molecular weight excluding hydrogens is 548 g/mol. The Hall–Kier alpha value is -3.60. The average Bonchev–Trinajstić information content (AvgIpc) is 3.36. The fourth-order valence-corrected chi connectivity index (χ4v) is 5.88. The zero-order chi connectivity index (χ0) is 30.2. The van der Waals surface area contributed by atoms with Crippen molar-refractivity contribution in [2.45, 2.75) is 71.5 Å². The Bertz CT molecular complexity index is 1390. The number of piperidine rings is 1. The number of aryl methyl sites for hydroxylation is 1. The molecule has 0 bridgehead atoms. The molecule has 0 aliphatic carbocycles. The Morgan fingerprint density at radius 3 is 2.45 bits per heavy atom. The minimum Gasteiger partial charge on any atom is -0.369 e. The number of amides is 2. The molecule has 0 saturated carbocycles. The average molecular weight is 587 g/mol. The van der Waals surface area contributed by atoms with Crippen LogP contribution in [0.5, 0.6) is 0 Å². The summed E-state index contributed by atoms with van der Waals surface area (Å²) in [6.45, 7) is 8.63. The highest BCUT2D eigenvalue weighted by Crippen LogP contribution is 2.37. The number of hydrogen-bond acceptors (Lipinski definition) is 4. The first-order valence-electron chi connectivity index (χ1n) is 14.4. The Kier molecular flexibility index (Phi) is 8.50. The monoisotopic (exact) mass is 586 g/mol. The highest BCUT2D eigenvalue weighted by molar-refractivity contribution is 5.94. The fourth-order valence-electron chi connectivity index (χ4n) is 5.88. The van der Waals surface area contributed by atoms with Crippen molar-refractivity contribution in [2.75, 3.05) is 36.5 Å². The van der Waals surface area contributed by atoms with Crippen LogP contribution < -0.4 is 9.80 Å². The predicted molar refractivity (Wildman–Crippen MR) is 155 cm³/mol. The molecule has 3 heterocycles. The summed E-state index contributed by atoms with van der Waals surface area (Å²) in [5.74, 6) is 0.136. The number of para-hydroxylation sites is 1. The van der Waals surface area contributed by atoms with E-state index in [0.29, 0.717) is 56.6 Å². The summed E-state index contributed by atoms with van der Waals surface area (Å²) in [6, 6.07) is 10.3. The van der Waals surface area contributed by atoms with Crippen LogP contribution >= 0.6 is 0 Å². The lowest BCUT2D eigenvalue weighted by Gasteiger charge is -2.43. The number of fused-ring (bicyclic) bond motifs is 1. The maximum Gasteiger partial charge on any atom is 0.416 e. The molecule has 2 aliphatic heterocycles. The molecule has 2 aliphatic rings. The molecule has 0 spiro atoms. The van der Waals surface area contributed by atoms with Crippen molar-refractivity contribution in [1.29, 1.82) is 0 Å². The zero-order valence-corrected chi connectivity index (χ0v) is 24.5. The number of rotatable bonds is 8. The Morgan fingerprint density at radius 2 is 1.79 bits per heavy atom. The van der Waals surface area contributed by atoms with Gasteiger partial charge in [-0.05, 0) is 63.9 Å². The number of hydrogen-bond donors (Lipinski definition) is 0. The first kappa shape index (κ1) is 29.9. The van der Waals surface area contributed by atoms with Gasteiger partial charge in [-0.25, -0.2) is 9.18 Å². The van der Waals surface area contributed by atoms with Gasteiger partial charge in [-0.2, -0.15) is 18.3 Å². The van der Waals surface area contributed by atoms with Crippen molar-refractivity contribution in [3.63, 3.8) is 0 Å². The fraction of sp³-hybridized carbons (Fsp3) is 0.484. The third kappa shape index (κ3) is 6.11. The van der Waals surface area contributed by atoms with Gasteiger partial charge in [0.15, 0.2) is 5.82 Å². The lowest BCUT2D eigenvalue weighted by molar-refractivity contribution is -0.138. The van der Waals surface area contributed by atoms with E-state index < -0.39 is 11.7 Å². The molecule has 3 aromatic rings. The van der Waals surface area contributed by atoms with E-state index in [4.69, 9.17) is 0 Å². The van der Waals surface area contributed by atoms with Crippen LogP contribution in [-0.4, -0.2) is 64.4 Å². The highest BCUT2D eigenvalue weighted by atomic mass is 19.4. The Balaban J connectivity index is 1.41. The van der Waals surface area contributed by atoms with E-state index in [9.17, 15) is 22.4 Å². The van der Waals surface area contributed by atoms with Gasteiger partial charge >= 0.3 is 12.2 Å². The predicted octanol–water partition coefficient (Wildman–Crippen LogP) is 6.30. The number of urea groups is 1. The van der Waals surface area contributed by atoms with Gasteiger partial charge < -0.3 is 14.7 Å². The van der Waals surface area contributed by atoms with Gasteiger partial charge in [-0.15, -0.1) is 0 Å². The van der Waals surface area contributed by atoms with Crippen LogP contribution in [0.1, 0.15) is 48.9 Å². The first-order valence-corrected chi connectivity index (χ1v) is 14.4. The molecule has 7 nitrogen and oxygen atoms in total. The molecular formula is C31H38F4N6O. The minimum absolute atomic E-state index is 0.0186. The lowest BCUT2D eigenvalue weighted by Crippen LogP contribution is -2.54. The smallest absolute Gasteiger partial charge is 0.369 e. The highest BCUT2D eigenvalue weighted by Gasteiger charge is 2.40. The molecule has 1 saturated heterocycles. The molecule has 1 fully saturated rings. The molecule has 42 heavy (non-hydrogen) atoms. The molecule has 1 aromatic heterocycles. The van der Waals surface area contributed by atoms with Crippen LogP contribution in [0.15, 0.2) is 48.7 Å². The van der Waals surface area contributed by atoms with Gasteiger partial charge in [-0.3, -0.25) is 9.58 Å². The molecule has 226 valence electrons. The van der Waals surface area contributed by atoms with Crippen LogP contribution in [0.4, 0.5) is 33.9 Å². The van der Waals surface area contributed by atoms with Gasteiger partial charge in [0, 0.05) is 43.5 Å². The molecule has 2 aromatic carbocycles. The van der Waals surface area contributed by atoms with E-state index in [1.807, 2.05) is 31.1 Å². The molecule has 0 radical (unpaired) electrons.